The topological polar surface area (TPSA) is 86.9 Å². The summed E-state index contributed by atoms with van der Waals surface area (Å²) < 4.78 is 6.93. The van der Waals surface area contributed by atoms with E-state index >= 15 is 0 Å². The first-order valence-corrected chi connectivity index (χ1v) is 7.60. The third-order valence-corrected chi connectivity index (χ3v) is 5.07. The van der Waals surface area contributed by atoms with Crippen molar-refractivity contribution in [3.05, 3.63) is 32.0 Å². The number of aromatic nitrogens is 3. The molecule has 0 aromatic carbocycles. The van der Waals surface area contributed by atoms with Crippen molar-refractivity contribution in [3.63, 3.8) is 0 Å². The predicted octanol–water partition coefficient (Wildman–Crippen LogP) is 1.69. The summed E-state index contributed by atoms with van der Waals surface area (Å²) in [5.74, 6) is 1.02. The lowest BCUT2D eigenvalue weighted by Gasteiger charge is -2.17. The van der Waals surface area contributed by atoms with E-state index < -0.39 is 5.54 Å². The van der Waals surface area contributed by atoms with Gasteiger partial charge in [0.25, 0.3) is 0 Å². The van der Waals surface area contributed by atoms with Gasteiger partial charge in [-0.1, -0.05) is 29.3 Å². The maximum Gasteiger partial charge on any atom is 0.308 e. The molecular formula is C13H18N4O2S. The van der Waals surface area contributed by atoms with Crippen molar-refractivity contribution in [1.82, 2.24) is 14.7 Å². The Morgan fingerprint density at radius 2 is 2.10 bits per heavy atom. The Kier molecular flexibility index (Phi) is 3.25. The highest BCUT2D eigenvalue weighted by Gasteiger charge is 2.36. The Hall–Kier alpha value is -1.47. The molecule has 0 aliphatic heterocycles. The van der Waals surface area contributed by atoms with Gasteiger partial charge in [-0.3, -0.25) is 9.36 Å². The zero-order chi connectivity index (χ0) is 14.3. The monoisotopic (exact) mass is 294 g/mol. The van der Waals surface area contributed by atoms with Gasteiger partial charge in [-0.25, -0.2) is 0 Å². The highest BCUT2D eigenvalue weighted by molar-refractivity contribution is 7.09. The molecule has 2 aromatic rings. The van der Waals surface area contributed by atoms with E-state index in [1.807, 2.05) is 13.8 Å². The van der Waals surface area contributed by atoms with Gasteiger partial charge in [-0.15, -0.1) is 0 Å². The molecule has 1 aliphatic carbocycles. The summed E-state index contributed by atoms with van der Waals surface area (Å²) in [7, 11) is 0. The molecule has 0 unspecified atom stereocenters. The first-order chi connectivity index (χ1) is 9.49. The Morgan fingerprint density at radius 3 is 2.70 bits per heavy atom. The second-order valence-electron chi connectivity index (χ2n) is 5.47. The minimum absolute atomic E-state index is 0.00285. The number of nitrogens with zero attached hydrogens (tertiary/aromatic N) is 3. The van der Waals surface area contributed by atoms with Gasteiger partial charge < -0.3 is 10.3 Å². The van der Waals surface area contributed by atoms with Gasteiger partial charge in [0.2, 0.25) is 5.89 Å². The number of rotatable bonds is 3. The molecule has 2 heterocycles. The zero-order valence-electron chi connectivity index (χ0n) is 11.7. The molecule has 0 atom stereocenters. The Balaban J connectivity index is 1.86. The van der Waals surface area contributed by atoms with Gasteiger partial charge in [0, 0.05) is 10.6 Å². The van der Waals surface area contributed by atoms with Crippen LogP contribution in [-0.4, -0.2) is 14.7 Å². The largest absolute Gasteiger partial charge is 0.337 e. The third kappa shape index (κ3) is 2.20. The Labute approximate surface area is 120 Å². The predicted molar refractivity (Wildman–Crippen MR) is 75.8 cm³/mol. The van der Waals surface area contributed by atoms with E-state index in [0.717, 1.165) is 36.3 Å². The van der Waals surface area contributed by atoms with Crippen LogP contribution < -0.4 is 10.6 Å². The van der Waals surface area contributed by atoms with E-state index in [1.165, 1.54) is 11.3 Å². The number of hydrogen-bond donors (Lipinski definition) is 1. The summed E-state index contributed by atoms with van der Waals surface area (Å²) in [6.07, 6.45) is 3.98. The summed E-state index contributed by atoms with van der Waals surface area (Å²) in [5.41, 5.74) is 6.79. The van der Waals surface area contributed by atoms with Crippen LogP contribution in [0.3, 0.4) is 0 Å². The summed E-state index contributed by atoms with van der Waals surface area (Å²) in [4.78, 5) is 17.3. The van der Waals surface area contributed by atoms with Gasteiger partial charge in [0.1, 0.15) is 6.54 Å². The quantitative estimate of drug-likeness (QED) is 0.930. The van der Waals surface area contributed by atoms with E-state index in [9.17, 15) is 4.79 Å². The second-order valence-corrected chi connectivity index (χ2v) is 6.64. The molecule has 0 radical (unpaired) electrons. The molecule has 2 N–H and O–H groups in total. The SMILES string of the molecule is Cc1sc(=O)n(Cc2nc(C3(N)CCCC3)no2)c1C. The molecule has 2 aromatic heterocycles. The second kappa shape index (κ2) is 4.82. The van der Waals surface area contributed by atoms with Crippen LogP contribution in [0.25, 0.3) is 0 Å². The normalized spacial score (nSPS) is 17.8. The van der Waals surface area contributed by atoms with Crippen molar-refractivity contribution in [1.29, 1.82) is 0 Å². The van der Waals surface area contributed by atoms with E-state index in [1.54, 1.807) is 4.57 Å². The summed E-state index contributed by atoms with van der Waals surface area (Å²) in [5, 5.41) is 4.01. The number of aryl methyl sites for hydroxylation is 1. The molecular weight excluding hydrogens is 276 g/mol. The molecule has 7 heteroatoms. The fourth-order valence-electron chi connectivity index (χ4n) is 2.66. The van der Waals surface area contributed by atoms with E-state index in [4.69, 9.17) is 10.3 Å². The van der Waals surface area contributed by atoms with E-state index in [2.05, 4.69) is 10.1 Å². The van der Waals surface area contributed by atoms with Crippen LogP contribution >= 0.6 is 11.3 Å². The molecule has 0 amide bonds. The van der Waals surface area contributed by atoms with Gasteiger partial charge in [0.15, 0.2) is 5.82 Å². The lowest BCUT2D eigenvalue weighted by atomic mass is 9.99. The zero-order valence-corrected chi connectivity index (χ0v) is 12.5. The number of nitrogens with two attached hydrogens (primary N) is 1. The fraction of sp³-hybridized carbons (Fsp3) is 0.615. The minimum Gasteiger partial charge on any atom is -0.337 e. The molecule has 0 spiro atoms. The van der Waals surface area contributed by atoms with Crippen molar-refractivity contribution in [2.24, 2.45) is 5.73 Å². The van der Waals surface area contributed by atoms with Gasteiger partial charge in [0.05, 0.1) is 5.54 Å². The van der Waals surface area contributed by atoms with Crippen LogP contribution in [0.15, 0.2) is 9.32 Å². The Morgan fingerprint density at radius 1 is 1.40 bits per heavy atom. The maximum atomic E-state index is 11.9. The molecule has 3 rings (SSSR count). The molecule has 1 saturated carbocycles. The van der Waals surface area contributed by atoms with Gasteiger partial charge in [-0.05, 0) is 26.7 Å². The lowest BCUT2D eigenvalue weighted by Crippen LogP contribution is -2.34. The van der Waals surface area contributed by atoms with E-state index in [-0.39, 0.29) is 4.87 Å². The average Bonchev–Trinajstić information content (AvgIpc) is 3.08. The molecule has 6 nitrogen and oxygen atoms in total. The van der Waals surface area contributed by atoms with E-state index in [0.29, 0.717) is 18.3 Å². The van der Waals surface area contributed by atoms with Crippen molar-refractivity contribution in [3.8, 4) is 0 Å². The molecule has 108 valence electrons. The van der Waals surface area contributed by atoms with Crippen molar-refractivity contribution >= 4 is 11.3 Å². The minimum atomic E-state index is -0.452. The summed E-state index contributed by atoms with van der Waals surface area (Å²) in [6.45, 7) is 4.18. The molecule has 0 bridgehead atoms. The van der Waals surface area contributed by atoms with Crippen LogP contribution in [0, 0.1) is 13.8 Å². The molecule has 0 saturated heterocycles. The molecule has 1 fully saturated rings. The highest BCUT2D eigenvalue weighted by Crippen LogP contribution is 2.34. The lowest BCUT2D eigenvalue weighted by molar-refractivity contribution is 0.343. The van der Waals surface area contributed by atoms with Crippen LogP contribution in [0.5, 0.6) is 0 Å². The summed E-state index contributed by atoms with van der Waals surface area (Å²) >= 11 is 1.24. The molecule has 20 heavy (non-hydrogen) atoms. The van der Waals surface area contributed by atoms with Crippen molar-refractivity contribution < 1.29 is 4.52 Å². The average molecular weight is 294 g/mol. The van der Waals surface area contributed by atoms with Crippen LogP contribution in [0.2, 0.25) is 0 Å². The summed E-state index contributed by atoms with van der Waals surface area (Å²) in [6, 6.07) is 0. The third-order valence-electron chi connectivity index (χ3n) is 4.08. The van der Waals surface area contributed by atoms with Crippen molar-refractivity contribution in [2.45, 2.75) is 51.6 Å². The number of hydrogen-bond acceptors (Lipinski definition) is 6. The first-order valence-electron chi connectivity index (χ1n) is 6.78. The van der Waals surface area contributed by atoms with Crippen LogP contribution in [0.1, 0.15) is 48.0 Å². The van der Waals surface area contributed by atoms with Crippen LogP contribution in [-0.2, 0) is 12.1 Å². The standard InChI is InChI=1S/C13H18N4O2S/c1-8-9(2)20-12(18)17(8)7-10-15-11(16-19-10)13(14)5-3-4-6-13/h3-7,14H2,1-2H3. The van der Waals surface area contributed by atoms with Crippen molar-refractivity contribution in [2.75, 3.05) is 0 Å². The van der Waals surface area contributed by atoms with Gasteiger partial charge in [-0.2, -0.15) is 4.98 Å². The smallest absolute Gasteiger partial charge is 0.308 e. The fourth-order valence-corrected chi connectivity index (χ4v) is 3.49. The maximum absolute atomic E-state index is 11.9. The first kappa shape index (κ1) is 13.5. The highest BCUT2D eigenvalue weighted by atomic mass is 32.1. The Bertz CT molecular complexity index is 679. The number of thiazole rings is 1. The molecule has 1 aliphatic rings. The van der Waals surface area contributed by atoms with Crippen LogP contribution in [0.4, 0.5) is 0 Å². The van der Waals surface area contributed by atoms with Gasteiger partial charge >= 0.3 is 4.87 Å².